The lowest BCUT2D eigenvalue weighted by Crippen LogP contribution is -2.51. The highest BCUT2D eigenvalue weighted by atomic mass is 79.9. The molecule has 3 aromatic carbocycles. The molecule has 0 radical (unpaired) electrons. The Hall–Kier alpha value is -4.01. The molecule has 4 aromatic rings. The number of carbonyl (C=O) groups is 2. The van der Waals surface area contributed by atoms with Gasteiger partial charge in [-0.05, 0) is 28.8 Å². The summed E-state index contributed by atoms with van der Waals surface area (Å²) in [4.78, 5) is 31.8. The number of esters is 1. The van der Waals surface area contributed by atoms with Crippen molar-refractivity contribution in [3.8, 4) is 11.5 Å². The second-order valence-corrected chi connectivity index (χ2v) is 10.5. The SMILES string of the molecule is COC(=O)[C@H]1C(=O)[C@@]2(O)c3ncc(OCc4ccccc4)cc3O[C@@]2(c2ccc(Br)cc2)[C@@H]1c1ccccc1. The monoisotopic (exact) mass is 585 g/mol. The van der Waals surface area contributed by atoms with Crippen LogP contribution >= 0.6 is 15.9 Å². The molecule has 0 unspecified atom stereocenters. The van der Waals surface area contributed by atoms with Crippen molar-refractivity contribution < 1.29 is 28.9 Å². The highest BCUT2D eigenvalue weighted by Crippen LogP contribution is 2.66. The highest BCUT2D eigenvalue weighted by molar-refractivity contribution is 9.10. The largest absolute Gasteiger partial charge is 0.487 e. The van der Waals surface area contributed by atoms with E-state index in [0.29, 0.717) is 23.5 Å². The fourth-order valence-corrected chi connectivity index (χ4v) is 6.09. The summed E-state index contributed by atoms with van der Waals surface area (Å²) in [7, 11) is 1.23. The lowest BCUT2D eigenvalue weighted by molar-refractivity contribution is -0.155. The molecule has 4 atom stereocenters. The molecule has 196 valence electrons. The number of rotatable bonds is 6. The number of benzene rings is 3. The molecule has 0 amide bonds. The van der Waals surface area contributed by atoms with E-state index in [4.69, 9.17) is 14.2 Å². The molecule has 1 aromatic heterocycles. The fourth-order valence-electron chi connectivity index (χ4n) is 5.82. The number of halogens is 1. The summed E-state index contributed by atoms with van der Waals surface area (Å²) >= 11 is 3.46. The summed E-state index contributed by atoms with van der Waals surface area (Å²) in [5, 5.41) is 12.5. The van der Waals surface area contributed by atoms with Crippen LogP contribution in [0.3, 0.4) is 0 Å². The second kappa shape index (κ2) is 9.63. The van der Waals surface area contributed by atoms with Gasteiger partial charge in [0.05, 0.1) is 19.2 Å². The molecule has 2 aliphatic rings. The fraction of sp³-hybridized carbons (Fsp3) is 0.194. The lowest BCUT2D eigenvalue weighted by atomic mass is 9.71. The van der Waals surface area contributed by atoms with Gasteiger partial charge in [0.15, 0.2) is 11.4 Å². The van der Waals surface area contributed by atoms with Gasteiger partial charge in [0, 0.05) is 10.5 Å². The standard InChI is InChI=1S/C31H24BrNO6/c1-37-29(35)25-26(20-10-6-3-7-11-20)31(21-12-14-22(32)15-13-21)30(36,28(25)34)27-24(39-31)16-23(17-33-27)38-18-19-8-4-2-5-9-19/h2-17,25-26,36H,18H2,1H3/t25-,26-,30+,31+/m1/s1. The van der Waals surface area contributed by atoms with Crippen LogP contribution in [0.4, 0.5) is 0 Å². The zero-order valence-electron chi connectivity index (χ0n) is 20.9. The van der Waals surface area contributed by atoms with Crippen LogP contribution in [0.1, 0.15) is 28.3 Å². The number of hydrogen-bond acceptors (Lipinski definition) is 7. The number of ether oxygens (including phenoxy) is 3. The summed E-state index contributed by atoms with van der Waals surface area (Å²) in [6.07, 6.45) is 1.46. The molecule has 1 aliphatic carbocycles. The van der Waals surface area contributed by atoms with Gasteiger partial charge >= 0.3 is 5.97 Å². The molecule has 0 bridgehead atoms. The molecule has 7 nitrogen and oxygen atoms in total. The minimum absolute atomic E-state index is 0.0369. The number of aromatic nitrogens is 1. The Morgan fingerprint density at radius 2 is 1.69 bits per heavy atom. The Kier molecular flexibility index (Phi) is 6.24. The number of Topliss-reactive ketones (excluding diaryl/α,β-unsaturated/α-hetero) is 1. The summed E-state index contributed by atoms with van der Waals surface area (Å²) in [5.41, 5.74) is -1.79. The Balaban J connectivity index is 1.53. The first-order chi connectivity index (χ1) is 18.9. The van der Waals surface area contributed by atoms with E-state index in [2.05, 4.69) is 20.9 Å². The molecule has 1 saturated carbocycles. The normalized spacial score (nSPS) is 24.9. The molecule has 0 spiro atoms. The van der Waals surface area contributed by atoms with E-state index < -0.39 is 34.8 Å². The number of carbonyl (C=O) groups excluding carboxylic acids is 2. The van der Waals surface area contributed by atoms with E-state index in [0.717, 1.165) is 10.0 Å². The molecule has 6 rings (SSSR count). The third kappa shape index (κ3) is 3.78. The number of fused-ring (bicyclic) bond motifs is 3. The van der Waals surface area contributed by atoms with Gasteiger partial charge in [0.2, 0.25) is 5.60 Å². The second-order valence-electron chi connectivity index (χ2n) is 9.60. The molecular formula is C31H24BrNO6. The highest BCUT2D eigenvalue weighted by Gasteiger charge is 2.78. The van der Waals surface area contributed by atoms with Gasteiger partial charge in [-0.2, -0.15) is 0 Å². The van der Waals surface area contributed by atoms with Gasteiger partial charge < -0.3 is 19.3 Å². The van der Waals surface area contributed by atoms with Crippen LogP contribution in [0, 0.1) is 5.92 Å². The molecule has 1 N–H and O–H groups in total. The smallest absolute Gasteiger partial charge is 0.317 e. The van der Waals surface area contributed by atoms with Crippen molar-refractivity contribution in [1.82, 2.24) is 4.98 Å². The Labute approximate surface area is 233 Å². The number of aliphatic hydroxyl groups is 1. The Bertz CT molecular complexity index is 1540. The summed E-state index contributed by atoms with van der Waals surface area (Å²) in [6.45, 7) is 0.305. The molecule has 8 heteroatoms. The van der Waals surface area contributed by atoms with Crippen LogP contribution in [0.25, 0.3) is 0 Å². The Morgan fingerprint density at radius 1 is 1.03 bits per heavy atom. The Morgan fingerprint density at radius 3 is 2.36 bits per heavy atom. The van der Waals surface area contributed by atoms with Crippen molar-refractivity contribution in [2.75, 3.05) is 7.11 Å². The number of methoxy groups -OCH3 is 1. The van der Waals surface area contributed by atoms with Gasteiger partial charge in [0.25, 0.3) is 0 Å². The van der Waals surface area contributed by atoms with Crippen molar-refractivity contribution in [3.63, 3.8) is 0 Å². The number of ketones is 1. The minimum atomic E-state index is -2.27. The van der Waals surface area contributed by atoms with E-state index in [1.54, 1.807) is 30.3 Å². The topological polar surface area (TPSA) is 95.0 Å². The third-order valence-corrected chi connectivity index (χ3v) is 8.05. The molecule has 2 heterocycles. The van der Waals surface area contributed by atoms with Gasteiger partial charge in [-0.25, -0.2) is 4.98 Å². The number of pyridine rings is 1. The van der Waals surface area contributed by atoms with E-state index in [-0.39, 0.29) is 11.4 Å². The van der Waals surface area contributed by atoms with E-state index in [1.165, 1.54) is 13.3 Å². The van der Waals surface area contributed by atoms with Crippen molar-refractivity contribution in [2.45, 2.75) is 23.7 Å². The van der Waals surface area contributed by atoms with Crippen LogP contribution in [-0.2, 0) is 32.1 Å². The van der Waals surface area contributed by atoms with E-state index in [9.17, 15) is 14.7 Å². The summed E-state index contributed by atoms with van der Waals surface area (Å²) in [6, 6.07) is 27.6. The summed E-state index contributed by atoms with van der Waals surface area (Å²) < 4.78 is 18.5. The van der Waals surface area contributed by atoms with Crippen LogP contribution in [0.15, 0.2) is 102 Å². The number of hydrogen-bond donors (Lipinski definition) is 1. The number of nitrogens with zero attached hydrogens (tertiary/aromatic N) is 1. The van der Waals surface area contributed by atoms with Crippen molar-refractivity contribution in [2.24, 2.45) is 5.92 Å². The third-order valence-electron chi connectivity index (χ3n) is 7.52. The molecular weight excluding hydrogens is 562 g/mol. The van der Waals surface area contributed by atoms with Gasteiger partial charge in [-0.15, -0.1) is 0 Å². The lowest BCUT2D eigenvalue weighted by Gasteiger charge is -2.39. The maximum atomic E-state index is 14.2. The predicted molar refractivity (Wildman–Crippen MR) is 145 cm³/mol. The molecule has 1 fully saturated rings. The maximum Gasteiger partial charge on any atom is 0.317 e. The minimum Gasteiger partial charge on any atom is -0.487 e. The molecule has 1 aliphatic heterocycles. The first-order valence-electron chi connectivity index (χ1n) is 12.4. The van der Waals surface area contributed by atoms with Crippen LogP contribution < -0.4 is 9.47 Å². The molecule has 39 heavy (non-hydrogen) atoms. The average molecular weight is 586 g/mol. The van der Waals surface area contributed by atoms with Gasteiger partial charge in [-0.1, -0.05) is 88.7 Å². The van der Waals surface area contributed by atoms with Crippen LogP contribution in [0.2, 0.25) is 0 Å². The predicted octanol–water partition coefficient (Wildman–Crippen LogP) is 5.05. The van der Waals surface area contributed by atoms with E-state index >= 15 is 0 Å². The molecule has 0 saturated heterocycles. The van der Waals surface area contributed by atoms with E-state index in [1.807, 2.05) is 60.7 Å². The average Bonchev–Trinajstić information content (AvgIpc) is 3.35. The van der Waals surface area contributed by atoms with Crippen LogP contribution in [-0.4, -0.2) is 29.0 Å². The zero-order chi connectivity index (χ0) is 27.2. The van der Waals surface area contributed by atoms with Gasteiger partial charge in [0.1, 0.15) is 29.7 Å². The first kappa shape index (κ1) is 25.3. The van der Waals surface area contributed by atoms with Crippen molar-refractivity contribution in [3.05, 3.63) is 124 Å². The van der Waals surface area contributed by atoms with Crippen molar-refractivity contribution in [1.29, 1.82) is 0 Å². The quantitative estimate of drug-likeness (QED) is 0.250. The first-order valence-corrected chi connectivity index (χ1v) is 13.2. The van der Waals surface area contributed by atoms with Gasteiger partial charge in [-0.3, -0.25) is 9.59 Å². The van der Waals surface area contributed by atoms with Crippen LogP contribution in [0.5, 0.6) is 11.5 Å². The maximum absolute atomic E-state index is 14.2. The van der Waals surface area contributed by atoms with Crippen molar-refractivity contribution >= 4 is 27.7 Å². The summed E-state index contributed by atoms with van der Waals surface area (Å²) in [5.74, 6) is -3.08. The zero-order valence-corrected chi connectivity index (χ0v) is 22.5.